The molecule has 31 heavy (non-hydrogen) atoms. The van der Waals surface area contributed by atoms with Gasteiger partial charge in [-0.25, -0.2) is 4.68 Å². The number of carbonyl (C=O) groups is 1. The van der Waals surface area contributed by atoms with Gasteiger partial charge in [-0.15, -0.1) is 0 Å². The van der Waals surface area contributed by atoms with Crippen LogP contribution < -0.4 is 0 Å². The molecule has 4 aliphatic carbocycles. The molecule has 1 N–H and O–H groups in total. The summed E-state index contributed by atoms with van der Waals surface area (Å²) in [5.41, 5.74) is 3.39. The maximum atomic E-state index is 13.9. The van der Waals surface area contributed by atoms with Gasteiger partial charge in [0.25, 0.3) is 5.91 Å². The molecule has 5 nitrogen and oxygen atoms in total. The number of hydrogen-bond acceptors (Lipinski definition) is 3. The maximum absolute atomic E-state index is 13.9. The predicted octanol–water partition coefficient (Wildman–Crippen LogP) is 4.24. The number of nitrogens with zero attached hydrogens (tertiary/aromatic N) is 3. The van der Waals surface area contributed by atoms with Crippen molar-refractivity contribution in [1.29, 1.82) is 0 Å². The van der Waals surface area contributed by atoms with E-state index in [1.54, 1.807) is 6.20 Å². The third-order valence-electron chi connectivity index (χ3n) is 8.68. The number of aromatic nitrogens is 2. The van der Waals surface area contributed by atoms with Gasteiger partial charge < -0.3 is 10.0 Å². The van der Waals surface area contributed by atoms with Crippen LogP contribution in [0.5, 0.6) is 0 Å². The molecule has 5 atom stereocenters. The zero-order valence-electron chi connectivity index (χ0n) is 18.8. The Morgan fingerprint density at radius 2 is 1.87 bits per heavy atom. The summed E-state index contributed by atoms with van der Waals surface area (Å²) in [5.74, 6) is 1.68. The summed E-state index contributed by atoms with van der Waals surface area (Å²) in [6.07, 6.45) is 7.77. The molecular weight excluding hydrogens is 386 g/mol. The van der Waals surface area contributed by atoms with Gasteiger partial charge in [0.15, 0.2) is 0 Å². The molecule has 7 rings (SSSR count). The van der Waals surface area contributed by atoms with Gasteiger partial charge in [-0.1, -0.05) is 26.0 Å². The second-order valence-corrected chi connectivity index (χ2v) is 11.5. The third-order valence-corrected chi connectivity index (χ3v) is 8.68. The van der Waals surface area contributed by atoms with Crippen molar-refractivity contribution in [3.63, 3.8) is 0 Å². The van der Waals surface area contributed by atoms with Gasteiger partial charge in [0, 0.05) is 18.0 Å². The number of amides is 1. The first-order valence-corrected chi connectivity index (χ1v) is 11.9. The molecule has 1 aliphatic heterocycles. The average molecular weight is 420 g/mol. The van der Waals surface area contributed by atoms with Crippen LogP contribution in [0.15, 0.2) is 30.5 Å². The molecule has 0 radical (unpaired) electrons. The molecule has 2 aromatic rings. The second kappa shape index (κ2) is 6.44. The summed E-state index contributed by atoms with van der Waals surface area (Å²) in [4.78, 5) is 16.1. The van der Waals surface area contributed by atoms with Gasteiger partial charge in [-0.3, -0.25) is 4.79 Å². The fourth-order valence-corrected chi connectivity index (χ4v) is 7.63. The first-order valence-electron chi connectivity index (χ1n) is 11.9. The van der Waals surface area contributed by atoms with Crippen LogP contribution in [-0.4, -0.2) is 43.9 Å². The Bertz CT molecular complexity index is 1040. The van der Waals surface area contributed by atoms with Crippen LogP contribution in [0.3, 0.4) is 0 Å². The van der Waals surface area contributed by atoms with E-state index in [1.807, 2.05) is 4.68 Å². The lowest BCUT2D eigenvalue weighted by molar-refractivity contribution is -0.154. The van der Waals surface area contributed by atoms with E-state index in [0.717, 1.165) is 49.2 Å². The summed E-state index contributed by atoms with van der Waals surface area (Å²) < 4.78 is 1.99. The van der Waals surface area contributed by atoms with Gasteiger partial charge >= 0.3 is 0 Å². The van der Waals surface area contributed by atoms with Crippen molar-refractivity contribution in [1.82, 2.24) is 14.7 Å². The fraction of sp³-hybridized carbons (Fsp3) is 0.615. The Morgan fingerprint density at radius 1 is 1.13 bits per heavy atom. The fourth-order valence-electron chi connectivity index (χ4n) is 7.63. The van der Waals surface area contributed by atoms with Gasteiger partial charge in [0.1, 0.15) is 0 Å². The monoisotopic (exact) mass is 419 g/mol. The highest BCUT2D eigenvalue weighted by Gasteiger charge is 2.57. The molecule has 1 amide bonds. The molecule has 4 fully saturated rings. The van der Waals surface area contributed by atoms with E-state index in [4.69, 9.17) is 5.10 Å². The Labute approximate surface area is 184 Å². The highest BCUT2D eigenvalue weighted by molar-refractivity contribution is 5.96. The average Bonchev–Trinajstić information content (AvgIpc) is 3.11. The highest BCUT2D eigenvalue weighted by Crippen LogP contribution is 2.57. The van der Waals surface area contributed by atoms with Crippen molar-refractivity contribution >= 4 is 5.91 Å². The number of aryl methyl sites for hydroxylation is 1. The first kappa shape index (κ1) is 19.5. The topological polar surface area (TPSA) is 58.4 Å². The van der Waals surface area contributed by atoms with E-state index in [0.29, 0.717) is 17.8 Å². The summed E-state index contributed by atoms with van der Waals surface area (Å²) in [6.45, 7) is 7.37. The maximum Gasteiger partial charge on any atom is 0.257 e. The van der Waals surface area contributed by atoms with E-state index in [2.05, 4.69) is 49.9 Å². The summed E-state index contributed by atoms with van der Waals surface area (Å²) in [5, 5.41) is 15.7. The lowest BCUT2D eigenvalue weighted by Crippen LogP contribution is -2.62. The molecule has 1 aromatic heterocycles. The number of hydrogen-bond donors (Lipinski definition) is 1. The molecule has 3 unspecified atom stereocenters. The minimum Gasteiger partial charge on any atom is -0.390 e. The normalized spacial score (nSPS) is 35.9. The van der Waals surface area contributed by atoms with Crippen LogP contribution in [0.4, 0.5) is 0 Å². The van der Waals surface area contributed by atoms with E-state index in [1.165, 1.54) is 18.4 Å². The van der Waals surface area contributed by atoms with Gasteiger partial charge in [0.05, 0.1) is 28.7 Å². The summed E-state index contributed by atoms with van der Waals surface area (Å²) in [7, 11) is 0. The minimum atomic E-state index is -0.470. The number of carbonyl (C=O) groups excluding carboxylic acids is 1. The molecule has 164 valence electrons. The van der Waals surface area contributed by atoms with Gasteiger partial charge in [0.2, 0.25) is 0 Å². The molecule has 0 spiro atoms. The van der Waals surface area contributed by atoms with E-state index in [9.17, 15) is 9.90 Å². The van der Waals surface area contributed by atoms with Crippen molar-refractivity contribution in [3.05, 3.63) is 47.3 Å². The molecule has 1 aromatic carbocycles. The zero-order chi connectivity index (χ0) is 21.5. The van der Waals surface area contributed by atoms with Gasteiger partial charge in [-0.2, -0.15) is 5.10 Å². The van der Waals surface area contributed by atoms with Crippen LogP contribution in [-0.2, 0) is 5.41 Å². The third kappa shape index (κ3) is 2.92. The van der Waals surface area contributed by atoms with Crippen LogP contribution in [0, 0.1) is 24.7 Å². The molecule has 5 aliphatic rings. The van der Waals surface area contributed by atoms with Crippen molar-refractivity contribution in [3.8, 4) is 5.69 Å². The smallest absolute Gasteiger partial charge is 0.257 e. The van der Waals surface area contributed by atoms with E-state index in [-0.39, 0.29) is 17.4 Å². The van der Waals surface area contributed by atoms with Crippen molar-refractivity contribution in [2.45, 2.75) is 76.4 Å². The molecular formula is C26H33N3O2. The van der Waals surface area contributed by atoms with Crippen LogP contribution in [0.1, 0.15) is 74.0 Å². The Balaban J connectivity index is 1.40. The lowest BCUT2D eigenvalue weighted by atomic mass is 9.52. The Hall–Kier alpha value is -2.14. The molecule has 4 saturated carbocycles. The van der Waals surface area contributed by atoms with E-state index < -0.39 is 5.60 Å². The Morgan fingerprint density at radius 3 is 2.55 bits per heavy atom. The molecule has 0 saturated heterocycles. The second-order valence-electron chi connectivity index (χ2n) is 11.5. The summed E-state index contributed by atoms with van der Waals surface area (Å²) in [6, 6.07) is 8.62. The van der Waals surface area contributed by atoms with Crippen molar-refractivity contribution in [2.24, 2.45) is 17.8 Å². The zero-order valence-corrected chi connectivity index (χ0v) is 18.8. The molecule has 2 heterocycles. The lowest BCUT2D eigenvalue weighted by Gasteiger charge is -2.60. The quantitative estimate of drug-likeness (QED) is 0.792. The van der Waals surface area contributed by atoms with E-state index >= 15 is 0 Å². The number of rotatable bonds is 2. The van der Waals surface area contributed by atoms with Gasteiger partial charge in [-0.05, 0) is 80.9 Å². The molecule has 5 heteroatoms. The standard InChI is InChI=1S/C26H33N3O2/c1-16-5-4-6-20(9-16)29-23-21(15-27-29)24(30)28(8-7-25(23,2)3)22-18-10-17-11-19(22)14-26(31,12-17)13-18/h4-6,9,15,17-19,22,31H,7-8,10-14H2,1-3H3/t17?,18-,19+,22?,26?. The molecule has 4 bridgehead atoms. The SMILES string of the molecule is Cc1cccc(-n2ncc3c2C(C)(C)CCN(C2[C@@H]4CC5C[C@H]2CC(O)(C5)C4)C3=O)c1. The largest absolute Gasteiger partial charge is 0.390 e. The van der Waals surface area contributed by atoms with Crippen LogP contribution >= 0.6 is 0 Å². The van der Waals surface area contributed by atoms with Crippen LogP contribution in [0.25, 0.3) is 5.69 Å². The highest BCUT2D eigenvalue weighted by atomic mass is 16.3. The van der Waals surface area contributed by atoms with Crippen molar-refractivity contribution < 1.29 is 9.90 Å². The first-order chi connectivity index (χ1) is 14.7. The predicted molar refractivity (Wildman–Crippen MR) is 119 cm³/mol. The Kier molecular flexibility index (Phi) is 4.06. The summed E-state index contributed by atoms with van der Waals surface area (Å²) >= 11 is 0. The van der Waals surface area contributed by atoms with Crippen molar-refractivity contribution in [2.75, 3.05) is 6.54 Å². The van der Waals surface area contributed by atoms with Crippen LogP contribution in [0.2, 0.25) is 0 Å². The number of fused-ring (bicyclic) bond motifs is 1. The number of aliphatic hydroxyl groups is 1. The number of benzene rings is 1. The minimum absolute atomic E-state index is 0.143.